The summed E-state index contributed by atoms with van der Waals surface area (Å²) in [4.78, 5) is 30.6. The summed E-state index contributed by atoms with van der Waals surface area (Å²) >= 11 is 2.33. The third kappa shape index (κ3) is 5.41. The molecular weight excluding hydrogens is 487 g/mol. The third-order valence-electron chi connectivity index (χ3n) is 4.88. The number of amides is 1. The minimum absolute atomic E-state index is 0.0528. The van der Waals surface area contributed by atoms with Crippen LogP contribution in [0.25, 0.3) is 5.69 Å². The first-order valence-corrected chi connectivity index (χ1v) is 12.3. The standard InChI is InChI=1S/C23H20F3N3O3S2/c1-2-32-17-8-6-15(7-9-17)27-19(30)13-34-22-28-18-10-11-33-20(18)21(31)29(22)16-5-3-4-14(12-16)23(24,25)26/h3-9,12H,2,10-11,13H2,1H3,(H,27,30). The number of carbonyl (C=O) groups excluding carboxylic acids is 1. The number of thioether (sulfide) groups is 2. The maximum Gasteiger partial charge on any atom is 0.416 e. The molecule has 0 saturated heterocycles. The predicted octanol–water partition coefficient (Wildman–Crippen LogP) is 5.03. The average Bonchev–Trinajstić information content (AvgIpc) is 3.28. The monoisotopic (exact) mass is 507 g/mol. The van der Waals surface area contributed by atoms with Crippen LogP contribution in [0.1, 0.15) is 18.2 Å². The van der Waals surface area contributed by atoms with Crippen LogP contribution in [0.15, 0.2) is 63.4 Å². The van der Waals surface area contributed by atoms with E-state index in [0.717, 1.165) is 28.5 Å². The highest BCUT2D eigenvalue weighted by atomic mass is 32.2. The lowest BCUT2D eigenvalue weighted by molar-refractivity contribution is -0.137. The molecule has 11 heteroatoms. The smallest absolute Gasteiger partial charge is 0.416 e. The van der Waals surface area contributed by atoms with Crippen LogP contribution in [-0.4, -0.2) is 33.6 Å². The largest absolute Gasteiger partial charge is 0.494 e. The van der Waals surface area contributed by atoms with Crippen molar-refractivity contribution in [3.63, 3.8) is 0 Å². The number of benzene rings is 2. The zero-order valence-electron chi connectivity index (χ0n) is 18.0. The van der Waals surface area contributed by atoms with Gasteiger partial charge in [-0.3, -0.25) is 14.2 Å². The molecule has 2 heterocycles. The molecular formula is C23H20F3N3O3S2. The molecule has 1 N–H and O–H groups in total. The summed E-state index contributed by atoms with van der Waals surface area (Å²) in [7, 11) is 0. The Morgan fingerprint density at radius 2 is 2.00 bits per heavy atom. The Hall–Kier alpha value is -2.92. The van der Waals surface area contributed by atoms with Gasteiger partial charge in [0.1, 0.15) is 5.75 Å². The van der Waals surface area contributed by atoms with Gasteiger partial charge in [0.2, 0.25) is 5.91 Å². The van der Waals surface area contributed by atoms with Gasteiger partial charge in [-0.15, -0.1) is 11.8 Å². The summed E-state index contributed by atoms with van der Waals surface area (Å²) in [5.74, 6) is 0.936. The van der Waals surface area contributed by atoms with E-state index in [4.69, 9.17) is 4.74 Å². The van der Waals surface area contributed by atoms with E-state index in [0.29, 0.717) is 40.8 Å². The Morgan fingerprint density at radius 1 is 1.24 bits per heavy atom. The zero-order valence-corrected chi connectivity index (χ0v) is 19.6. The molecule has 0 saturated carbocycles. The van der Waals surface area contributed by atoms with Gasteiger partial charge < -0.3 is 10.1 Å². The van der Waals surface area contributed by atoms with Gasteiger partial charge in [-0.25, -0.2) is 4.98 Å². The maximum absolute atomic E-state index is 13.3. The van der Waals surface area contributed by atoms with Crippen molar-refractivity contribution in [1.82, 2.24) is 9.55 Å². The second kappa shape index (κ2) is 10.1. The molecule has 34 heavy (non-hydrogen) atoms. The van der Waals surface area contributed by atoms with E-state index >= 15 is 0 Å². The normalized spacial score (nSPS) is 12.9. The first-order valence-electron chi connectivity index (χ1n) is 10.4. The molecule has 0 fully saturated rings. The average molecular weight is 508 g/mol. The lowest BCUT2D eigenvalue weighted by atomic mass is 10.2. The Bertz CT molecular complexity index is 1260. The molecule has 0 aliphatic carbocycles. The number of aromatic nitrogens is 2. The third-order valence-corrected chi connectivity index (χ3v) is 6.93. The second-order valence-electron chi connectivity index (χ2n) is 7.25. The molecule has 1 amide bonds. The number of hydrogen-bond donors (Lipinski definition) is 1. The van der Waals surface area contributed by atoms with Gasteiger partial charge in [0, 0.05) is 17.9 Å². The minimum atomic E-state index is -4.55. The first kappa shape index (κ1) is 24.2. The van der Waals surface area contributed by atoms with Crippen LogP contribution in [0, 0.1) is 0 Å². The van der Waals surface area contributed by atoms with Crippen LogP contribution >= 0.6 is 23.5 Å². The van der Waals surface area contributed by atoms with Gasteiger partial charge in [-0.05, 0) is 49.4 Å². The van der Waals surface area contributed by atoms with Crippen molar-refractivity contribution in [3.8, 4) is 11.4 Å². The maximum atomic E-state index is 13.3. The van der Waals surface area contributed by atoms with E-state index in [-0.39, 0.29) is 22.5 Å². The van der Waals surface area contributed by atoms with E-state index in [2.05, 4.69) is 10.3 Å². The number of nitrogens with zero attached hydrogens (tertiary/aromatic N) is 2. The number of aryl methyl sites for hydroxylation is 1. The molecule has 0 unspecified atom stereocenters. The molecule has 1 aliphatic rings. The zero-order chi connectivity index (χ0) is 24.3. The number of anilines is 1. The number of rotatable bonds is 7. The van der Waals surface area contributed by atoms with E-state index in [9.17, 15) is 22.8 Å². The summed E-state index contributed by atoms with van der Waals surface area (Å²) in [5.41, 5.74) is -0.0668. The van der Waals surface area contributed by atoms with E-state index < -0.39 is 17.3 Å². The van der Waals surface area contributed by atoms with Crippen LogP contribution in [0.3, 0.4) is 0 Å². The predicted molar refractivity (Wildman–Crippen MR) is 126 cm³/mol. The van der Waals surface area contributed by atoms with Crippen molar-refractivity contribution in [2.75, 3.05) is 23.4 Å². The number of carbonyl (C=O) groups is 1. The van der Waals surface area contributed by atoms with Crippen molar-refractivity contribution in [2.45, 2.75) is 29.6 Å². The fourth-order valence-electron chi connectivity index (χ4n) is 3.37. The highest BCUT2D eigenvalue weighted by Gasteiger charge is 2.31. The number of ether oxygens (including phenoxy) is 1. The molecule has 3 aromatic rings. The van der Waals surface area contributed by atoms with Crippen molar-refractivity contribution in [1.29, 1.82) is 0 Å². The van der Waals surface area contributed by atoms with Gasteiger partial charge in [-0.2, -0.15) is 13.2 Å². The quantitative estimate of drug-likeness (QED) is 0.357. The van der Waals surface area contributed by atoms with E-state index in [1.165, 1.54) is 23.9 Å². The molecule has 0 radical (unpaired) electrons. The Morgan fingerprint density at radius 3 is 2.71 bits per heavy atom. The topological polar surface area (TPSA) is 73.2 Å². The molecule has 178 valence electrons. The van der Waals surface area contributed by atoms with E-state index in [1.807, 2.05) is 6.92 Å². The van der Waals surface area contributed by atoms with Crippen molar-refractivity contribution in [3.05, 3.63) is 70.1 Å². The fraction of sp³-hybridized carbons (Fsp3) is 0.261. The molecule has 1 aliphatic heterocycles. The SMILES string of the molecule is CCOc1ccc(NC(=O)CSc2nc3c(c(=O)n2-c2cccc(C(F)(F)F)c2)SCC3)cc1. The summed E-state index contributed by atoms with van der Waals surface area (Å²) < 4.78 is 46.3. The van der Waals surface area contributed by atoms with Crippen molar-refractivity contribution >= 4 is 35.1 Å². The fourth-order valence-corrected chi connectivity index (χ4v) is 5.22. The number of fused-ring (bicyclic) bond motifs is 1. The van der Waals surface area contributed by atoms with Gasteiger partial charge in [0.25, 0.3) is 5.56 Å². The molecule has 2 aromatic carbocycles. The highest BCUT2D eigenvalue weighted by molar-refractivity contribution is 8.00. The number of halogens is 3. The van der Waals surface area contributed by atoms with Crippen molar-refractivity contribution < 1.29 is 22.7 Å². The Labute approximate surface area is 201 Å². The van der Waals surface area contributed by atoms with Crippen LogP contribution in [-0.2, 0) is 17.4 Å². The Kier molecular flexibility index (Phi) is 7.22. The van der Waals surface area contributed by atoms with Crippen molar-refractivity contribution in [2.24, 2.45) is 0 Å². The molecule has 0 atom stereocenters. The molecule has 6 nitrogen and oxygen atoms in total. The van der Waals surface area contributed by atoms with Gasteiger partial charge in [0.15, 0.2) is 5.16 Å². The summed E-state index contributed by atoms with van der Waals surface area (Å²) in [6.07, 6.45) is -3.96. The van der Waals surface area contributed by atoms with Gasteiger partial charge >= 0.3 is 6.18 Å². The number of nitrogens with one attached hydrogen (secondary N) is 1. The van der Waals surface area contributed by atoms with Crippen LogP contribution in [0.5, 0.6) is 5.75 Å². The van der Waals surface area contributed by atoms with Crippen LogP contribution in [0.4, 0.5) is 18.9 Å². The van der Waals surface area contributed by atoms with E-state index in [1.54, 1.807) is 24.3 Å². The highest BCUT2D eigenvalue weighted by Crippen LogP contribution is 2.33. The molecule has 4 rings (SSSR count). The first-order chi connectivity index (χ1) is 16.3. The Balaban J connectivity index is 1.59. The second-order valence-corrected chi connectivity index (χ2v) is 9.30. The van der Waals surface area contributed by atoms with Crippen LogP contribution < -0.4 is 15.6 Å². The number of hydrogen-bond acceptors (Lipinski definition) is 6. The van der Waals surface area contributed by atoms with Gasteiger partial charge in [0.05, 0.1) is 34.2 Å². The molecule has 1 aromatic heterocycles. The summed E-state index contributed by atoms with van der Waals surface area (Å²) in [6, 6.07) is 11.4. The minimum Gasteiger partial charge on any atom is -0.494 e. The molecule has 0 bridgehead atoms. The van der Waals surface area contributed by atoms with Crippen LogP contribution in [0.2, 0.25) is 0 Å². The number of alkyl halides is 3. The lowest BCUT2D eigenvalue weighted by Crippen LogP contribution is -2.25. The summed E-state index contributed by atoms with van der Waals surface area (Å²) in [6.45, 7) is 2.40. The molecule has 0 spiro atoms. The van der Waals surface area contributed by atoms with Gasteiger partial charge in [-0.1, -0.05) is 17.8 Å². The lowest BCUT2D eigenvalue weighted by Gasteiger charge is -2.15. The summed E-state index contributed by atoms with van der Waals surface area (Å²) in [5, 5.41) is 2.93.